The quantitative estimate of drug-likeness (QED) is 0.291. The van der Waals surface area contributed by atoms with Crippen LogP contribution in [0, 0.1) is 16.7 Å². The molecule has 4 saturated carbocycles. The zero-order chi connectivity index (χ0) is 27.1. The predicted octanol–water partition coefficient (Wildman–Crippen LogP) is 8.31. The average molecular weight is 535 g/mol. The molecule has 2 aromatic carbocycles. The van der Waals surface area contributed by atoms with Crippen LogP contribution >= 0.6 is 0 Å². The summed E-state index contributed by atoms with van der Waals surface area (Å²) < 4.78 is 55.9. The number of nitrogens with zero attached hydrogens (tertiary/aromatic N) is 2. The van der Waals surface area contributed by atoms with Gasteiger partial charge in [0.2, 0.25) is 0 Å². The Bertz CT molecular complexity index is 1410. The van der Waals surface area contributed by atoms with Crippen molar-refractivity contribution in [2.75, 3.05) is 0 Å². The third-order valence-electron chi connectivity index (χ3n) is 8.54. The molecule has 202 valence electrons. The molecule has 39 heavy (non-hydrogen) atoms. The van der Waals surface area contributed by atoms with Crippen LogP contribution in [0.5, 0.6) is 5.75 Å². The number of benzene rings is 2. The lowest BCUT2D eigenvalue weighted by molar-refractivity contribution is -0.274. The van der Waals surface area contributed by atoms with E-state index in [2.05, 4.69) is 28.1 Å². The third-order valence-corrected chi connectivity index (χ3v) is 8.54. The summed E-state index contributed by atoms with van der Waals surface area (Å²) >= 11 is 0. The minimum atomic E-state index is -4.81. The lowest BCUT2D eigenvalue weighted by Crippen LogP contribution is -2.46. The van der Waals surface area contributed by atoms with E-state index >= 15 is 0 Å². The van der Waals surface area contributed by atoms with Gasteiger partial charge in [0.25, 0.3) is 0 Å². The Hall–Kier alpha value is -3.57. The van der Waals surface area contributed by atoms with E-state index in [9.17, 15) is 18.4 Å². The molecule has 0 spiro atoms. The number of nitriles is 1. The normalized spacial score (nSPS) is 24.7. The molecule has 0 amide bonds. The maximum atomic E-state index is 13.1. The average Bonchev–Trinajstić information content (AvgIpc) is 3.70. The van der Waals surface area contributed by atoms with E-state index in [1.54, 1.807) is 18.2 Å². The smallest absolute Gasteiger partial charge is 0.405 e. The summed E-state index contributed by atoms with van der Waals surface area (Å²) in [6, 6.07) is 15.9. The zero-order valence-electron chi connectivity index (χ0n) is 21.5. The molecule has 0 unspecified atom stereocenters. The molecule has 0 aliphatic heterocycles. The van der Waals surface area contributed by atoms with Gasteiger partial charge in [0.05, 0.1) is 23.8 Å². The highest BCUT2D eigenvalue weighted by Gasteiger charge is 2.48. The standard InChI is InChI=1S/C31H29F3N2O3/c32-31(33,34)38-26-7-2-1-6-24(26)27-25(28(39-36-27)23-8-9-23)20-37-30-15-12-29(13-16-30,14-17-30)11-10-21-4-3-5-22(18-21)19-35/h1-7,10-11,18,23H,8-9,12-17,20H2. The lowest BCUT2D eigenvalue weighted by Gasteiger charge is -2.52. The number of rotatable bonds is 8. The van der Waals surface area contributed by atoms with Crippen molar-refractivity contribution in [1.29, 1.82) is 5.26 Å². The minimum absolute atomic E-state index is 0.128. The summed E-state index contributed by atoms with van der Waals surface area (Å²) in [7, 11) is 0. The van der Waals surface area contributed by atoms with Gasteiger partial charge >= 0.3 is 6.36 Å². The predicted molar refractivity (Wildman–Crippen MR) is 138 cm³/mol. The van der Waals surface area contributed by atoms with Crippen LogP contribution in [-0.2, 0) is 11.3 Å². The Kier molecular flexibility index (Phi) is 6.50. The van der Waals surface area contributed by atoms with Crippen LogP contribution in [-0.4, -0.2) is 17.1 Å². The van der Waals surface area contributed by atoms with E-state index in [1.807, 2.05) is 18.2 Å². The van der Waals surface area contributed by atoms with Gasteiger partial charge in [-0.25, -0.2) is 0 Å². The maximum Gasteiger partial charge on any atom is 0.573 e. The van der Waals surface area contributed by atoms with Gasteiger partial charge in [-0.2, -0.15) is 5.26 Å². The van der Waals surface area contributed by atoms with E-state index in [0.717, 1.165) is 62.5 Å². The molecule has 4 aliphatic carbocycles. The number of fused-ring (bicyclic) bond motifs is 3. The molecular formula is C31H29F3N2O3. The van der Waals surface area contributed by atoms with Gasteiger partial charge in [0.15, 0.2) is 0 Å². The summed E-state index contributed by atoms with van der Waals surface area (Å²) in [5.41, 5.74) is 2.89. The maximum absolute atomic E-state index is 13.1. The van der Waals surface area contributed by atoms with E-state index in [-0.39, 0.29) is 34.9 Å². The van der Waals surface area contributed by atoms with Crippen molar-refractivity contribution in [3.8, 4) is 23.1 Å². The highest BCUT2D eigenvalue weighted by Crippen LogP contribution is 2.55. The fourth-order valence-electron chi connectivity index (χ4n) is 6.07. The van der Waals surface area contributed by atoms with Gasteiger partial charge in [0, 0.05) is 17.0 Å². The molecule has 0 saturated heterocycles. The summed E-state index contributed by atoms with van der Waals surface area (Å²) in [4.78, 5) is 0. The van der Waals surface area contributed by atoms with Crippen molar-refractivity contribution in [3.63, 3.8) is 0 Å². The first-order valence-electron chi connectivity index (χ1n) is 13.4. The van der Waals surface area contributed by atoms with Crippen LogP contribution in [0.4, 0.5) is 13.2 Å². The number of allylic oxidation sites excluding steroid dienone is 1. The van der Waals surface area contributed by atoms with Gasteiger partial charge in [-0.15, -0.1) is 13.2 Å². The second-order valence-electron chi connectivity index (χ2n) is 11.1. The van der Waals surface area contributed by atoms with Crippen molar-refractivity contribution in [3.05, 3.63) is 77.1 Å². The molecule has 4 aliphatic rings. The summed E-state index contributed by atoms with van der Waals surface area (Å²) in [6.07, 6.45) is 7.37. The molecule has 0 atom stereocenters. The first-order chi connectivity index (χ1) is 18.8. The minimum Gasteiger partial charge on any atom is -0.405 e. The molecule has 7 rings (SSSR count). The number of alkyl halides is 3. The Morgan fingerprint density at radius 2 is 1.77 bits per heavy atom. The number of halogens is 3. The summed E-state index contributed by atoms with van der Waals surface area (Å²) in [5.74, 6) is 0.645. The van der Waals surface area contributed by atoms with Crippen LogP contribution in [0.3, 0.4) is 0 Å². The zero-order valence-corrected chi connectivity index (χ0v) is 21.5. The second kappa shape index (κ2) is 9.87. The monoisotopic (exact) mass is 534 g/mol. The van der Waals surface area contributed by atoms with Crippen LogP contribution in [0.2, 0.25) is 0 Å². The fourth-order valence-corrected chi connectivity index (χ4v) is 6.07. The van der Waals surface area contributed by atoms with Crippen LogP contribution in [0.25, 0.3) is 17.3 Å². The molecule has 1 heterocycles. The number of ether oxygens (including phenoxy) is 2. The highest BCUT2D eigenvalue weighted by molar-refractivity contribution is 5.70. The molecule has 8 heteroatoms. The third kappa shape index (κ3) is 5.46. The number of hydrogen-bond acceptors (Lipinski definition) is 5. The lowest BCUT2D eigenvalue weighted by atomic mass is 9.58. The van der Waals surface area contributed by atoms with Gasteiger partial charge in [-0.05, 0) is 86.6 Å². The SMILES string of the molecule is N#Cc1cccc(C=CC23CCC(OCc4c(-c5ccccc5OC(F)(F)F)noc4C4CC4)(CC2)CC3)c1. The van der Waals surface area contributed by atoms with Crippen LogP contribution in [0.1, 0.15) is 79.7 Å². The Morgan fingerprint density at radius 3 is 2.46 bits per heavy atom. The molecule has 2 bridgehead atoms. The molecule has 3 aromatic rings. The van der Waals surface area contributed by atoms with Crippen molar-refractivity contribution in [2.24, 2.45) is 5.41 Å². The fraction of sp³-hybridized carbons (Fsp3) is 0.419. The Morgan fingerprint density at radius 1 is 1.03 bits per heavy atom. The number of hydrogen-bond donors (Lipinski definition) is 0. The van der Waals surface area contributed by atoms with Gasteiger partial charge < -0.3 is 14.0 Å². The molecule has 0 N–H and O–H groups in total. The number of aromatic nitrogens is 1. The van der Waals surface area contributed by atoms with Gasteiger partial charge in [-0.3, -0.25) is 0 Å². The van der Waals surface area contributed by atoms with Crippen molar-refractivity contribution in [2.45, 2.75) is 75.9 Å². The van der Waals surface area contributed by atoms with Crippen molar-refractivity contribution in [1.82, 2.24) is 5.16 Å². The molecule has 1 aromatic heterocycles. The van der Waals surface area contributed by atoms with Crippen molar-refractivity contribution < 1.29 is 27.2 Å². The summed E-state index contributed by atoms with van der Waals surface area (Å²) in [5, 5.41) is 13.4. The second-order valence-corrected chi connectivity index (χ2v) is 11.1. The Labute approximate surface area is 225 Å². The molecule has 4 fully saturated rings. The molecule has 5 nitrogen and oxygen atoms in total. The summed E-state index contributed by atoms with van der Waals surface area (Å²) in [6.45, 7) is 0.245. The number of para-hydroxylation sites is 1. The van der Waals surface area contributed by atoms with E-state index in [1.165, 1.54) is 12.1 Å². The topological polar surface area (TPSA) is 68.3 Å². The largest absolute Gasteiger partial charge is 0.573 e. The van der Waals surface area contributed by atoms with E-state index < -0.39 is 6.36 Å². The van der Waals surface area contributed by atoms with Gasteiger partial charge in [0.1, 0.15) is 17.2 Å². The molecule has 0 radical (unpaired) electrons. The van der Waals surface area contributed by atoms with E-state index in [4.69, 9.17) is 9.26 Å². The highest BCUT2D eigenvalue weighted by atomic mass is 19.4. The van der Waals surface area contributed by atoms with Gasteiger partial charge in [-0.1, -0.05) is 41.6 Å². The van der Waals surface area contributed by atoms with Crippen molar-refractivity contribution >= 4 is 6.08 Å². The van der Waals surface area contributed by atoms with E-state index in [0.29, 0.717) is 17.0 Å². The first-order valence-corrected chi connectivity index (χ1v) is 13.4. The molecular weight excluding hydrogens is 505 g/mol. The first kappa shape index (κ1) is 25.7. The Balaban J connectivity index is 1.18. The van der Waals surface area contributed by atoms with Crippen LogP contribution < -0.4 is 4.74 Å². The van der Waals surface area contributed by atoms with Crippen LogP contribution in [0.15, 0.2) is 59.1 Å².